The van der Waals surface area contributed by atoms with Gasteiger partial charge in [-0.15, -0.1) is 0 Å². The third-order valence-electron chi connectivity index (χ3n) is 2.42. The topological polar surface area (TPSA) is 83.4 Å². The molecular weight excluding hydrogens is 234 g/mol. The van der Waals surface area contributed by atoms with Crippen molar-refractivity contribution < 1.29 is 14.0 Å². The molecule has 0 bridgehead atoms. The van der Waals surface area contributed by atoms with Gasteiger partial charge < -0.3 is 19.7 Å². The largest absolute Gasteiger partial charge is 0.493 e. The SMILES string of the molecule is COc1ccc(CCN)cc1OCc1ncon1. The van der Waals surface area contributed by atoms with Crippen molar-refractivity contribution in [2.75, 3.05) is 13.7 Å². The van der Waals surface area contributed by atoms with Crippen LogP contribution in [-0.4, -0.2) is 23.8 Å². The maximum absolute atomic E-state index is 5.61. The van der Waals surface area contributed by atoms with Crippen molar-refractivity contribution in [3.05, 3.63) is 36.0 Å². The van der Waals surface area contributed by atoms with E-state index in [0.29, 0.717) is 23.9 Å². The molecular formula is C12H15N3O3. The Labute approximate surface area is 105 Å². The number of ether oxygens (including phenoxy) is 2. The van der Waals surface area contributed by atoms with Gasteiger partial charge in [0.1, 0.15) is 0 Å². The van der Waals surface area contributed by atoms with Crippen LogP contribution in [0.1, 0.15) is 11.4 Å². The van der Waals surface area contributed by atoms with Crippen molar-refractivity contribution in [3.63, 3.8) is 0 Å². The fourth-order valence-corrected chi connectivity index (χ4v) is 1.55. The number of rotatable bonds is 6. The van der Waals surface area contributed by atoms with Gasteiger partial charge >= 0.3 is 0 Å². The van der Waals surface area contributed by atoms with Gasteiger partial charge in [-0.25, -0.2) is 0 Å². The Kier molecular flexibility index (Phi) is 4.14. The van der Waals surface area contributed by atoms with Crippen LogP contribution in [0.3, 0.4) is 0 Å². The highest BCUT2D eigenvalue weighted by Crippen LogP contribution is 2.28. The molecule has 0 radical (unpaired) electrons. The number of nitrogens with two attached hydrogens (primary N) is 1. The standard InChI is InChI=1S/C12H15N3O3/c1-16-10-3-2-9(4-5-13)6-11(10)17-7-12-14-8-18-15-12/h2-3,6,8H,4-5,7,13H2,1H3. The molecule has 6 nitrogen and oxygen atoms in total. The van der Waals surface area contributed by atoms with E-state index in [1.54, 1.807) is 7.11 Å². The molecule has 0 aliphatic rings. The van der Waals surface area contributed by atoms with E-state index in [0.717, 1.165) is 12.0 Å². The Morgan fingerprint density at radius 1 is 1.33 bits per heavy atom. The minimum Gasteiger partial charge on any atom is -0.493 e. The Balaban J connectivity index is 2.10. The highest BCUT2D eigenvalue weighted by atomic mass is 16.5. The molecule has 0 amide bonds. The summed E-state index contributed by atoms with van der Waals surface area (Å²) in [5.74, 6) is 1.80. The summed E-state index contributed by atoms with van der Waals surface area (Å²) in [5, 5.41) is 3.67. The van der Waals surface area contributed by atoms with Crippen molar-refractivity contribution in [3.8, 4) is 11.5 Å². The van der Waals surface area contributed by atoms with Crippen LogP contribution in [0.4, 0.5) is 0 Å². The smallest absolute Gasteiger partial charge is 0.213 e. The van der Waals surface area contributed by atoms with Gasteiger partial charge in [0, 0.05) is 0 Å². The van der Waals surface area contributed by atoms with Crippen LogP contribution >= 0.6 is 0 Å². The molecule has 6 heteroatoms. The lowest BCUT2D eigenvalue weighted by Gasteiger charge is -2.10. The maximum atomic E-state index is 5.61. The highest BCUT2D eigenvalue weighted by Gasteiger charge is 2.07. The third-order valence-corrected chi connectivity index (χ3v) is 2.42. The van der Waals surface area contributed by atoms with Crippen LogP contribution in [0.5, 0.6) is 11.5 Å². The summed E-state index contributed by atoms with van der Waals surface area (Å²) < 4.78 is 15.5. The van der Waals surface area contributed by atoms with Gasteiger partial charge in [-0.2, -0.15) is 4.98 Å². The second-order valence-corrected chi connectivity index (χ2v) is 3.66. The molecule has 1 aromatic carbocycles. The first-order valence-corrected chi connectivity index (χ1v) is 5.58. The predicted octanol–water partition coefficient (Wildman–Crippen LogP) is 1.16. The zero-order chi connectivity index (χ0) is 12.8. The summed E-state index contributed by atoms with van der Waals surface area (Å²) in [4.78, 5) is 3.88. The minimum atomic E-state index is 0.235. The van der Waals surface area contributed by atoms with E-state index in [1.165, 1.54) is 6.39 Å². The fourth-order valence-electron chi connectivity index (χ4n) is 1.55. The summed E-state index contributed by atoms with van der Waals surface area (Å²) in [5.41, 5.74) is 6.63. The number of nitrogens with zero attached hydrogens (tertiary/aromatic N) is 2. The van der Waals surface area contributed by atoms with Crippen LogP contribution in [-0.2, 0) is 13.0 Å². The summed E-state index contributed by atoms with van der Waals surface area (Å²) in [6, 6.07) is 5.73. The maximum Gasteiger partial charge on any atom is 0.213 e. The van der Waals surface area contributed by atoms with Gasteiger partial charge in [0.15, 0.2) is 18.1 Å². The molecule has 1 aromatic heterocycles. The van der Waals surface area contributed by atoms with Crippen LogP contribution in [0.2, 0.25) is 0 Å². The van der Waals surface area contributed by atoms with E-state index in [1.807, 2.05) is 18.2 Å². The quantitative estimate of drug-likeness (QED) is 0.827. The molecule has 0 aliphatic heterocycles. The molecule has 0 spiro atoms. The highest BCUT2D eigenvalue weighted by molar-refractivity contribution is 5.43. The van der Waals surface area contributed by atoms with Crippen molar-refractivity contribution >= 4 is 0 Å². The van der Waals surface area contributed by atoms with E-state index in [4.69, 9.17) is 15.2 Å². The lowest BCUT2D eigenvalue weighted by Crippen LogP contribution is -2.04. The first-order valence-electron chi connectivity index (χ1n) is 5.58. The second-order valence-electron chi connectivity index (χ2n) is 3.66. The van der Waals surface area contributed by atoms with Crippen LogP contribution in [0.25, 0.3) is 0 Å². The monoisotopic (exact) mass is 249 g/mol. The molecule has 2 rings (SSSR count). The number of hydrogen-bond donors (Lipinski definition) is 1. The molecule has 96 valence electrons. The third kappa shape index (κ3) is 2.98. The van der Waals surface area contributed by atoms with Gasteiger partial charge in [-0.3, -0.25) is 0 Å². The molecule has 0 saturated heterocycles. The Morgan fingerprint density at radius 2 is 2.22 bits per heavy atom. The lowest BCUT2D eigenvalue weighted by molar-refractivity contribution is 0.269. The molecule has 2 aromatic rings. The summed E-state index contributed by atoms with van der Waals surface area (Å²) in [6.45, 7) is 0.829. The zero-order valence-corrected chi connectivity index (χ0v) is 10.1. The summed E-state index contributed by atoms with van der Waals surface area (Å²) in [7, 11) is 1.60. The normalized spacial score (nSPS) is 10.3. The predicted molar refractivity (Wildman–Crippen MR) is 64.4 cm³/mol. The lowest BCUT2D eigenvalue weighted by atomic mass is 10.1. The van der Waals surface area contributed by atoms with E-state index < -0.39 is 0 Å². The Bertz CT molecular complexity index is 485. The Hall–Kier alpha value is -2.08. The molecule has 2 N–H and O–H groups in total. The van der Waals surface area contributed by atoms with Crippen LogP contribution in [0, 0.1) is 0 Å². The second kappa shape index (κ2) is 6.02. The number of hydrogen-bond acceptors (Lipinski definition) is 6. The van der Waals surface area contributed by atoms with Crippen molar-refractivity contribution in [1.82, 2.24) is 10.1 Å². The first kappa shape index (κ1) is 12.4. The van der Waals surface area contributed by atoms with Gasteiger partial charge in [-0.05, 0) is 30.7 Å². The van der Waals surface area contributed by atoms with Gasteiger partial charge in [0.2, 0.25) is 12.2 Å². The van der Waals surface area contributed by atoms with Crippen molar-refractivity contribution in [2.24, 2.45) is 5.73 Å². The molecule has 0 fully saturated rings. The average Bonchev–Trinajstić information content (AvgIpc) is 2.90. The minimum absolute atomic E-state index is 0.235. The van der Waals surface area contributed by atoms with Crippen LogP contribution in [0.15, 0.2) is 29.1 Å². The fraction of sp³-hybridized carbons (Fsp3) is 0.333. The average molecular weight is 249 g/mol. The Morgan fingerprint density at radius 3 is 2.89 bits per heavy atom. The van der Waals surface area contributed by atoms with Gasteiger partial charge in [0.05, 0.1) is 7.11 Å². The summed E-state index contributed by atoms with van der Waals surface area (Å²) in [6.07, 6.45) is 2.06. The van der Waals surface area contributed by atoms with E-state index in [-0.39, 0.29) is 6.61 Å². The molecule has 0 atom stereocenters. The number of benzene rings is 1. The van der Waals surface area contributed by atoms with E-state index in [9.17, 15) is 0 Å². The van der Waals surface area contributed by atoms with Crippen LogP contribution < -0.4 is 15.2 Å². The van der Waals surface area contributed by atoms with E-state index in [2.05, 4.69) is 14.7 Å². The molecule has 0 unspecified atom stereocenters. The molecule has 18 heavy (non-hydrogen) atoms. The summed E-state index contributed by atoms with van der Waals surface area (Å²) >= 11 is 0. The number of methoxy groups -OCH3 is 1. The van der Waals surface area contributed by atoms with E-state index >= 15 is 0 Å². The van der Waals surface area contributed by atoms with Crippen molar-refractivity contribution in [1.29, 1.82) is 0 Å². The molecule has 0 saturated carbocycles. The van der Waals surface area contributed by atoms with Crippen molar-refractivity contribution in [2.45, 2.75) is 13.0 Å². The van der Waals surface area contributed by atoms with Gasteiger partial charge in [0.25, 0.3) is 0 Å². The van der Waals surface area contributed by atoms with Gasteiger partial charge in [-0.1, -0.05) is 11.2 Å². The number of aromatic nitrogens is 2. The first-order chi connectivity index (χ1) is 8.83. The molecule has 1 heterocycles. The zero-order valence-electron chi connectivity index (χ0n) is 10.1. The molecule has 0 aliphatic carbocycles.